The fraction of sp³-hybridized carbons (Fsp3) is 0.250. The molecule has 25 heavy (non-hydrogen) atoms. The first-order valence-corrected chi connectivity index (χ1v) is 8.39. The number of benzene rings is 1. The Kier molecular flexibility index (Phi) is 5.23. The van der Waals surface area contributed by atoms with Crippen molar-refractivity contribution < 1.29 is 4.74 Å². The Labute approximate surface area is 148 Å². The van der Waals surface area contributed by atoms with Crippen molar-refractivity contribution in [2.75, 3.05) is 5.32 Å². The monoisotopic (exact) mass is 334 g/mol. The lowest BCUT2D eigenvalue weighted by molar-refractivity contribution is 0.299. The molecule has 5 heteroatoms. The predicted molar refractivity (Wildman–Crippen MR) is 99.2 cm³/mol. The normalized spacial score (nSPS) is 10.5. The Morgan fingerprint density at radius 3 is 2.68 bits per heavy atom. The summed E-state index contributed by atoms with van der Waals surface area (Å²) >= 11 is 0. The first-order valence-electron chi connectivity index (χ1n) is 8.39. The van der Waals surface area contributed by atoms with Gasteiger partial charge in [-0.25, -0.2) is 0 Å². The maximum Gasteiger partial charge on any atom is 0.156 e. The number of hydrogen-bond donors (Lipinski definition) is 1. The Balaban J connectivity index is 1.73. The predicted octanol–water partition coefficient (Wildman–Crippen LogP) is 4.37. The number of nitrogens with zero attached hydrogens (tertiary/aromatic N) is 3. The van der Waals surface area contributed by atoms with Gasteiger partial charge in [0.2, 0.25) is 0 Å². The number of anilines is 2. The second kappa shape index (κ2) is 7.75. The van der Waals surface area contributed by atoms with Gasteiger partial charge in [-0.1, -0.05) is 13.0 Å². The van der Waals surface area contributed by atoms with Gasteiger partial charge in [-0.05, 0) is 61.7 Å². The highest BCUT2D eigenvalue weighted by Gasteiger charge is 2.08. The number of hydrogen-bond acceptors (Lipinski definition) is 5. The van der Waals surface area contributed by atoms with Crippen LogP contribution in [-0.4, -0.2) is 15.2 Å². The molecule has 0 saturated carbocycles. The van der Waals surface area contributed by atoms with Gasteiger partial charge in [-0.3, -0.25) is 4.98 Å². The fourth-order valence-electron chi connectivity index (χ4n) is 2.71. The molecule has 0 unspecified atom stereocenters. The molecule has 3 aromatic rings. The standard InChI is InChI=1S/C20H22N4O/c1-4-18-15(3)12-22-24-20(18)23-16-8-9-19(14(2)11-16)25-13-17-7-5-6-10-21-17/h5-12H,4,13H2,1-3H3,(H,23,24). The molecule has 2 aromatic heterocycles. The summed E-state index contributed by atoms with van der Waals surface area (Å²) in [6, 6.07) is 11.8. The minimum atomic E-state index is 0.456. The van der Waals surface area contributed by atoms with Gasteiger partial charge in [-0.15, -0.1) is 5.10 Å². The number of pyridine rings is 1. The third kappa shape index (κ3) is 4.12. The highest BCUT2D eigenvalue weighted by molar-refractivity contribution is 5.62. The number of nitrogens with one attached hydrogen (secondary N) is 1. The van der Waals surface area contributed by atoms with Crippen LogP contribution in [0.25, 0.3) is 0 Å². The second-order valence-corrected chi connectivity index (χ2v) is 5.92. The van der Waals surface area contributed by atoms with Crippen LogP contribution in [0.15, 0.2) is 48.8 Å². The number of aromatic nitrogens is 3. The van der Waals surface area contributed by atoms with Crippen LogP contribution in [-0.2, 0) is 13.0 Å². The molecule has 0 fully saturated rings. The Morgan fingerprint density at radius 2 is 1.96 bits per heavy atom. The average molecular weight is 334 g/mol. The van der Waals surface area contributed by atoms with Crippen molar-refractivity contribution in [1.82, 2.24) is 15.2 Å². The quantitative estimate of drug-likeness (QED) is 0.725. The van der Waals surface area contributed by atoms with E-state index in [1.807, 2.05) is 37.3 Å². The fourth-order valence-corrected chi connectivity index (χ4v) is 2.71. The first-order chi connectivity index (χ1) is 12.2. The maximum atomic E-state index is 5.87. The molecule has 0 aliphatic rings. The van der Waals surface area contributed by atoms with E-state index in [0.717, 1.165) is 40.5 Å². The van der Waals surface area contributed by atoms with E-state index in [9.17, 15) is 0 Å². The minimum Gasteiger partial charge on any atom is -0.487 e. The van der Waals surface area contributed by atoms with Crippen LogP contribution in [0.2, 0.25) is 0 Å². The van der Waals surface area contributed by atoms with Gasteiger partial charge in [0.15, 0.2) is 5.82 Å². The van der Waals surface area contributed by atoms with Crippen LogP contribution >= 0.6 is 0 Å². The van der Waals surface area contributed by atoms with Gasteiger partial charge in [-0.2, -0.15) is 5.10 Å². The Bertz CT molecular complexity index is 850. The molecule has 0 spiro atoms. The van der Waals surface area contributed by atoms with E-state index in [-0.39, 0.29) is 0 Å². The van der Waals surface area contributed by atoms with E-state index in [1.54, 1.807) is 12.4 Å². The van der Waals surface area contributed by atoms with Gasteiger partial charge in [0, 0.05) is 17.4 Å². The smallest absolute Gasteiger partial charge is 0.156 e. The lowest BCUT2D eigenvalue weighted by atomic mass is 10.1. The minimum absolute atomic E-state index is 0.456. The van der Waals surface area contributed by atoms with E-state index in [2.05, 4.69) is 40.4 Å². The number of rotatable bonds is 6. The van der Waals surface area contributed by atoms with Crippen LogP contribution in [0.5, 0.6) is 5.75 Å². The van der Waals surface area contributed by atoms with Crippen molar-refractivity contribution in [2.24, 2.45) is 0 Å². The molecule has 0 saturated heterocycles. The van der Waals surface area contributed by atoms with Crippen molar-refractivity contribution in [1.29, 1.82) is 0 Å². The molecule has 128 valence electrons. The van der Waals surface area contributed by atoms with Crippen LogP contribution < -0.4 is 10.1 Å². The highest BCUT2D eigenvalue weighted by Crippen LogP contribution is 2.26. The molecule has 5 nitrogen and oxygen atoms in total. The van der Waals surface area contributed by atoms with Gasteiger partial charge in [0.05, 0.1) is 11.9 Å². The van der Waals surface area contributed by atoms with Crippen LogP contribution in [0.4, 0.5) is 11.5 Å². The van der Waals surface area contributed by atoms with E-state index in [4.69, 9.17) is 4.74 Å². The molecule has 0 bridgehead atoms. The lowest BCUT2D eigenvalue weighted by Crippen LogP contribution is -2.03. The van der Waals surface area contributed by atoms with E-state index in [1.165, 1.54) is 5.56 Å². The zero-order valence-electron chi connectivity index (χ0n) is 14.8. The zero-order valence-corrected chi connectivity index (χ0v) is 14.8. The summed E-state index contributed by atoms with van der Waals surface area (Å²) < 4.78 is 5.87. The summed E-state index contributed by atoms with van der Waals surface area (Å²) in [6.07, 6.45) is 4.48. The molecule has 0 atom stereocenters. The zero-order chi connectivity index (χ0) is 17.6. The molecule has 0 amide bonds. The van der Waals surface area contributed by atoms with Gasteiger partial charge < -0.3 is 10.1 Å². The summed E-state index contributed by atoms with van der Waals surface area (Å²) in [5, 5.41) is 11.6. The maximum absolute atomic E-state index is 5.87. The van der Waals surface area contributed by atoms with Crippen molar-refractivity contribution in [3.8, 4) is 5.75 Å². The highest BCUT2D eigenvalue weighted by atomic mass is 16.5. The summed E-state index contributed by atoms with van der Waals surface area (Å²) in [4.78, 5) is 4.27. The average Bonchev–Trinajstić information content (AvgIpc) is 2.62. The third-order valence-corrected chi connectivity index (χ3v) is 4.06. The van der Waals surface area contributed by atoms with Crippen molar-refractivity contribution in [3.05, 3.63) is 71.2 Å². The second-order valence-electron chi connectivity index (χ2n) is 5.92. The van der Waals surface area contributed by atoms with Gasteiger partial charge in [0.25, 0.3) is 0 Å². The van der Waals surface area contributed by atoms with Crippen molar-refractivity contribution in [2.45, 2.75) is 33.8 Å². The Morgan fingerprint density at radius 1 is 1.08 bits per heavy atom. The Hall–Kier alpha value is -2.95. The summed E-state index contributed by atoms with van der Waals surface area (Å²) in [5.74, 6) is 1.66. The third-order valence-electron chi connectivity index (χ3n) is 4.06. The van der Waals surface area contributed by atoms with E-state index in [0.29, 0.717) is 6.61 Å². The number of aryl methyl sites for hydroxylation is 2. The molecule has 3 rings (SSSR count). The molecule has 0 aliphatic carbocycles. The van der Waals surface area contributed by atoms with Crippen LogP contribution in [0.1, 0.15) is 29.3 Å². The largest absolute Gasteiger partial charge is 0.487 e. The van der Waals surface area contributed by atoms with Crippen LogP contribution in [0, 0.1) is 13.8 Å². The van der Waals surface area contributed by atoms with E-state index >= 15 is 0 Å². The van der Waals surface area contributed by atoms with Crippen molar-refractivity contribution in [3.63, 3.8) is 0 Å². The summed E-state index contributed by atoms with van der Waals surface area (Å²) in [6.45, 7) is 6.66. The summed E-state index contributed by atoms with van der Waals surface area (Å²) in [7, 11) is 0. The SMILES string of the molecule is CCc1c(C)cnnc1Nc1ccc(OCc2ccccn2)c(C)c1. The van der Waals surface area contributed by atoms with E-state index < -0.39 is 0 Å². The number of ether oxygens (including phenoxy) is 1. The van der Waals surface area contributed by atoms with Crippen molar-refractivity contribution >= 4 is 11.5 Å². The molecular weight excluding hydrogens is 312 g/mol. The summed E-state index contributed by atoms with van der Waals surface area (Å²) in [5.41, 5.74) is 5.26. The van der Waals surface area contributed by atoms with Gasteiger partial charge >= 0.3 is 0 Å². The molecule has 2 heterocycles. The van der Waals surface area contributed by atoms with Gasteiger partial charge in [0.1, 0.15) is 12.4 Å². The topological polar surface area (TPSA) is 59.9 Å². The molecule has 1 N–H and O–H groups in total. The lowest BCUT2D eigenvalue weighted by Gasteiger charge is -2.13. The molecule has 1 aromatic carbocycles. The van der Waals surface area contributed by atoms with Crippen LogP contribution in [0.3, 0.4) is 0 Å². The molecular formula is C20H22N4O. The first kappa shape index (κ1) is 16.9. The molecule has 0 aliphatic heterocycles. The molecule has 0 radical (unpaired) electrons.